The summed E-state index contributed by atoms with van der Waals surface area (Å²) in [6.07, 6.45) is 0.837. The van der Waals surface area contributed by atoms with E-state index in [1.165, 1.54) is 5.56 Å². The number of hydrogen-bond acceptors (Lipinski definition) is 5. The third-order valence-corrected chi connectivity index (χ3v) is 5.49. The highest BCUT2D eigenvalue weighted by molar-refractivity contribution is 7.13. The molecule has 0 saturated carbocycles. The van der Waals surface area contributed by atoms with Gasteiger partial charge in [-0.15, -0.1) is 36.2 Å². The Bertz CT molecular complexity index is 850. The number of aromatic nitrogens is 1. The van der Waals surface area contributed by atoms with E-state index in [1.807, 2.05) is 36.4 Å². The molecule has 0 unspecified atom stereocenters. The van der Waals surface area contributed by atoms with Crippen molar-refractivity contribution >= 4 is 52.9 Å². The van der Waals surface area contributed by atoms with Crippen molar-refractivity contribution in [3.63, 3.8) is 0 Å². The molecule has 0 bridgehead atoms. The minimum absolute atomic E-state index is 0. The van der Waals surface area contributed by atoms with Crippen molar-refractivity contribution in [2.24, 2.45) is 0 Å². The zero-order valence-electron chi connectivity index (χ0n) is 15.1. The fraction of sp³-hybridized carbons (Fsp3) is 0.250. The van der Waals surface area contributed by atoms with Gasteiger partial charge in [0, 0.05) is 43.0 Å². The summed E-state index contributed by atoms with van der Waals surface area (Å²) in [5.41, 5.74) is 2.35. The number of piperazine rings is 1. The Morgan fingerprint density at radius 1 is 0.964 bits per heavy atom. The van der Waals surface area contributed by atoms with Crippen LogP contribution in [0.4, 0.5) is 5.13 Å². The van der Waals surface area contributed by atoms with Crippen LogP contribution in [0.1, 0.15) is 11.3 Å². The van der Waals surface area contributed by atoms with Gasteiger partial charge in [0.15, 0.2) is 5.13 Å². The van der Waals surface area contributed by atoms with Gasteiger partial charge >= 0.3 is 0 Å². The van der Waals surface area contributed by atoms with E-state index in [0.717, 1.165) is 54.9 Å². The monoisotopic (exact) mass is 457 g/mol. The summed E-state index contributed by atoms with van der Waals surface area (Å²) >= 11 is 7.63. The average molecular weight is 459 g/mol. The number of nitrogens with one attached hydrogen (secondary N) is 1. The molecule has 4 nitrogen and oxygen atoms in total. The fourth-order valence-corrected chi connectivity index (χ4v) is 3.91. The van der Waals surface area contributed by atoms with Gasteiger partial charge in [-0.1, -0.05) is 23.7 Å². The van der Waals surface area contributed by atoms with Gasteiger partial charge < -0.3 is 15.0 Å². The molecule has 4 rings (SSSR count). The van der Waals surface area contributed by atoms with E-state index < -0.39 is 0 Å². The van der Waals surface area contributed by atoms with Crippen LogP contribution in [0.15, 0.2) is 53.9 Å². The van der Waals surface area contributed by atoms with Gasteiger partial charge in [0.25, 0.3) is 0 Å². The summed E-state index contributed by atoms with van der Waals surface area (Å²) in [7, 11) is 0. The van der Waals surface area contributed by atoms with Gasteiger partial charge in [-0.05, 0) is 42.0 Å². The van der Waals surface area contributed by atoms with Crippen LogP contribution in [-0.2, 0) is 6.42 Å². The van der Waals surface area contributed by atoms with Gasteiger partial charge in [-0.2, -0.15) is 0 Å². The van der Waals surface area contributed by atoms with E-state index in [0.29, 0.717) is 5.02 Å². The van der Waals surface area contributed by atoms with Gasteiger partial charge in [0.2, 0.25) is 0 Å². The Kier molecular flexibility index (Phi) is 8.86. The Hall–Kier alpha value is -1.50. The molecule has 3 aromatic rings. The van der Waals surface area contributed by atoms with Crippen LogP contribution in [0, 0.1) is 0 Å². The first kappa shape index (κ1) is 22.8. The van der Waals surface area contributed by atoms with Crippen LogP contribution in [-0.4, -0.2) is 31.2 Å². The third kappa shape index (κ3) is 6.00. The Morgan fingerprint density at radius 2 is 1.57 bits per heavy atom. The smallest absolute Gasteiger partial charge is 0.185 e. The van der Waals surface area contributed by atoms with Crippen LogP contribution in [0.2, 0.25) is 5.02 Å². The minimum atomic E-state index is 0. The molecule has 2 aromatic carbocycles. The molecule has 1 aliphatic heterocycles. The van der Waals surface area contributed by atoms with E-state index in [9.17, 15) is 0 Å². The van der Waals surface area contributed by atoms with Gasteiger partial charge in [0.05, 0.1) is 5.69 Å². The van der Waals surface area contributed by atoms with E-state index in [1.54, 1.807) is 11.3 Å². The maximum Gasteiger partial charge on any atom is 0.185 e. The molecule has 8 heteroatoms. The first-order valence-electron chi connectivity index (χ1n) is 8.69. The summed E-state index contributed by atoms with van der Waals surface area (Å²) in [4.78, 5) is 7.16. The van der Waals surface area contributed by atoms with Crippen molar-refractivity contribution in [2.75, 3.05) is 31.1 Å². The van der Waals surface area contributed by atoms with Crippen LogP contribution in [0.3, 0.4) is 0 Å². The normalized spacial score (nSPS) is 13.4. The second kappa shape index (κ2) is 10.9. The van der Waals surface area contributed by atoms with Crippen molar-refractivity contribution < 1.29 is 4.74 Å². The first-order valence-corrected chi connectivity index (χ1v) is 9.94. The standard InChI is InChI=1S/C20H20ClN3OS.2ClH/c21-16-3-7-19(8-4-16)25-18-5-1-15(2-6-18)13-17-14-26-20(23-17)24-11-9-22-10-12-24;;/h1-8,14,22H,9-13H2;2*1H. The molecule has 0 atom stereocenters. The average Bonchev–Trinajstić information content (AvgIpc) is 3.14. The maximum atomic E-state index is 5.90. The number of ether oxygens (including phenoxy) is 1. The topological polar surface area (TPSA) is 37.4 Å². The Labute approximate surface area is 186 Å². The summed E-state index contributed by atoms with van der Waals surface area (Å²) in [6.45, 7) is 4.13. The van der Waals surface area contributed by atoms with Crippen LogP contribution in [0.5, 0.6) is 11.5 Å². The molecule has 150 valence electrons. The zero-order chi connectivity index (χ0) is 17.8. The number of anilines is 1. The molecule has 0 amide bonds. The zero-order valence-corrected chi connectivity index (χ0v) is 18.3. The van der Waals surface area contributed by atoms with Gasteiger partial charge in [-0.25, -0.2) is 4.98 Å². The summed E-state index contributed by atoms with van der Waals surface area (Å²) in [6, 6.07) is 15.5. The molecule has 0 spiro atoms. The fourth-order valence-electron chi connectivity index (χ4n) is 2.90. The van der Waals surface area contributed by atoms with Gasteiger partial charge in [-0.3, -0.25) is 0 Å². The molecule has 1 N–H and O–H groups in total. The number of halogens is 3. The molecule has 1 aliphatic rings. The third-order valence-electron chi connectivity index (χ3n) is 4.29. The highest BCUT2D eigenvalue weighted by Crippen LogP contribution is 2.25. The lowest BCUT2D eigenvalue weighted by molar-refractivity contribution is 0.482. The van der Waals surface area contributed by atoms with Crippen LogP contribution >= 0.6 is 47.8 Å². The van der Waals surface area contributed by atoms with Crippen molar-refractivity contribution in [3.05, 3.63) is 70.2 Å². The van der Waals surface area contributed by atoms with Crippen molar-refractivity contribution in [2.45, 2.75) is 6.42 Å². The molecular formula is C20H22Cl3N3OS. The van der Waals surface area contributed by atoms with E-state index in [4.69, 9.17) is 21.3 Å². The van der Waals surface area contributed by atoms with Crippen LogP contribution in [0.25, 0.3) is 0 Å². The highest BCUT2D eigenvalue weighted by Gasteiger charge is 2.14. The van der Waals surface area contributed by atoms with E-state index >= 15 is 0 Å². The number of hydrogen-bond donors (Lipinski definition) is 1. The molecule has 1 saturated heterocycles. The molecule has 28 heavy (non-hydrogen) atoms. The van der Waals surface area contributed by atoms with Crippen molar-refractivity contribution in [1.82, 2.24) is 10.3 Å². The molecule has 1 aromatic heterocycles. The molecular weight excluding hydrogens is 437 g/mol. The number of rotatable bonds is 5. The summed E-state index contributed by atoms with van der Waals surface area (Å²) in [5.74, 6) is 1.60. The number of nitrogens with zero attached hydrogens (tertiary/aromatic N) is 2. The quantitative estimate of drug-likeness (QED) is 0.553. The lowest BCUT2D eigenvalue weighted by Gasteiger charge is -2.26. The molecule has 2 heterocycles. The largest absolute Gasteiger partial charge is 0.457 e. The van der Waals surface area contributed by atoms with Crippen molar-refractivity contribution in [1.29, 1.82) is 0 Å². The number of thiazole rings is 1. The number of benzene rings is 2. The van der Waals surface area contributed by atoms with Crippen LogP contribution < -0.4 is 15.0 Å². The highest BCUT2D eigenvalue weighted by atomic mass is 35.5. The second-order valence-electron chi connectivity index (χ2n) is 6.24. The van der Waals surface area contributed by atoms with Crippen molar-refractivity contribution in [3.8, 4) is 11.5 Å². The summed E-state index contributed by atoms with van der Waals surface area (Å²) in [5, 5.41) is 7.37. The predicted molar refractivity (Wildman–Crippen MR) is 122 cm³/mol. The molecule has 1 fully saturated rings. The minimum Gasteiger partial charge on any atom is -0.457 e. The predicted octanol–water partition coefficient (Wildman–Crippen LogP) is 5.43. The second-order valence-corrected chi connectivity index (χ2v) is 7.51. The lowest BCUT2D eigenvalue weighted by Crippen LogP contribution is -2.43. The Balaban J connectivity index is 0.00000140. The molecule has 0 radical (unpaired) electrons. The van der Waals surface area contributed by atoms with E-state index in [-0.39, 0.29) is 24.8 Å². The summed E-state index contributed by atoms with van der Waals surface area (Å²) < 4.78 is 5.84. The lowest BCUT2D eigenvalue weighted by atomic mass is 10.1. The maximum absolute atomic E-state index is 5.90. The first-order chi connectivity index (χ1) is 12.8. The molecule has 0 aliphatic carbocycles. The SMILES string of the molecule is Cl.Cl.Clc1ccc(Oc2ccc(Cc3csc(N4CCNCC4)n3)cc2)cc1. The van der Waals surface area contributed by atoms with Gasteiger partial charge in [0.1, 0.15) is 11.5 Å². The van der Waals surface area contributed by atoms with E-state index in [2.05, 4.69) is 27.7 Å². The Morgan fingerprint density at radius 3 is 2.21 bits per heavy atom.